The topological polar surface area (TPSA) is 39.1 Å². The van der Waals surface area contributed by atoms with Crippen molar-refractivity contribution in [3.63, 3.8) is 0 Å². The average molecular weight is 468 g/mol. The van der Waals surface area contributed by atoms with Gasteiger partial charge in [-0.15, -0.1) is 0 Å². The SMILES string of the molecule is CC1=C[C@@H](CCc2ccccc2)/C(=C/c2cn(S(=O)(=O)c3ccc(C)cc3)c3ccccc23)C1. The van der Waals surface area contributed by atoms with Crippen LogP contribution in [0.2, 0.25) is 0 Å². The molecule has 1 aliphatic rings. The van der Waals surface area contributed by atoms with E-state index in [2.05, 4.69) is 49.4 Å². The number of hydrogen-bond acceptors (Lipinski definition) is 2. The fourth-order valence-corrected chi connectivity index (χ4v) is 6.25. The third-order valence-corrected chi connectivity index (χ3v) is 8.35. The van der Waals surface area contributed by atoms with Crippen molar-refractivity contribution in [2.75, 3.05) is 0 Å². The second kappa shape index (κ2) is 9.11. The summed E-state index contributed by atoms with van der Waals surface area (Å²) in [5.41, 5.74) is 6.77. The lowest BCUT2D eigenvalue weighted by Crippen LogP contribution is -2.11. The van der Waals surface area contributed by atoms with Gasteiger partial charge >= 0.3 is 0 Å². The molecule has 1 aromatic heterocycles. The molecular weight excluding hydrogens is 438 g/mol. The highest BCUT2D eigenvalue weighted by atomic mass is 32.2. The van der Waals surface area contributed by atoms with E-state index in [0.29, 0.717) is 16.3 Å². The maximum absolute atomic E-state index is 13.5. The molecule has 0 fully saturated rings. The van der Waals surface area contributed by atoms with Crippen LogP contribution in [0.15, 0.2) is 107 Å². The lowest BCUT2D eigenvalue weighted by atomic mass is 9.93. The lowest BCUT2D eigenvalue weighted by molar-refractivity contribution is 0.589. The van der Waals surface area contributed by atoms with E-state index in [-0.39, 0.29) is 0 Å². The van der Waals surface area contributed by atoms with Crippen LogP contribution >= 0.6 is 0 Å². The molecule has 0 unspecified atom stereocenters. The number of aryl methyl sites for hydroxylation is 2. The molecule has 0 saturated carbocycles. The van der Waals surface area contributed by atoms with Crippen LogP contribution in [0, 0.1) is 12.8 Å². The van der Waals surface area contributed by atoms with Crippen molar-refractivity contribution in [2.45, 2.75) is 38.0 Å². The summed E-state index contributed by atoms with van der Waals surface area (Å²) in [4.78, 5) is 0.303. The first-order chi connectivity index (χ1) is 16.4. The average Bonchev–Trinajstić information content (AvgIpc) is 3.39. The Kier molecular flexibility index (Phi) is 6.01. The standard InChI is InChI=1S/C30H29NO2S/c1-22-12-16-28(17-13-22)34(32,33)31-21-27(29-10-6-7-11-30(29)31)20-26-19-23(2)18-25(26)15-14-24-8-4-3-5-9-24/h3-13,16-18,20-21,25H,14-15,19H2,1-2H3/b26-20+/t25-/m1/s1. The van der Waals surface area contributed by atoms with Crippen LogP contribution in [0.5, 0.6) is 0 Å². The molecule has 0 amide bonds. The summed E-state index contributed by atoms with van der Waals surface area (Å²) in [6.07, 6.45) is 9.38. The molecule has 4 heteroatoms. The number of para-hydroxylation sites is 1. The first-order valence-corrected chi connectivity index (χ1v) is 13.2. The Labute approximate surface area is 202 Å². The molecule has 0 N–H and O–H groups in total. The summed E-state index contributed by atoms with van der Waals surface area (Å²) in [6, 6.07) is 25.4. The Balaban J connectivity index is 1.52. The van der Waals surface area contributed by atoms with Gasteiger partial charge in [-0.1, -0.05) is 89.5 Å². The van der Waals surface area contributed by atoms with Crippen molar-refractivity contribution in [3.8, 4) is 0 Å². The number of aromatic nitrogens is 1. The minimum atomic E-state index is -3.69. The fourth-order valence-electron chi connectivity index (χ4n) is 4.87. The lowest BCUT2D eigenvalue weighted by Gasteiger charge is -2.11. The van der Waals surface area contributed by atoms with E-state index >= 15 is 0 Å². The zero-order chi connectivity index (χ0) is 23.7. The molecule has 1 aliphatic carbocycles. The van der Waals surface area contributed by atoms with Gasteiger partial charge in [-0.2, -0.15) is 0 Å². The molecule has 0 radical (unpaired) electrons. The minimum absolute atomic E-state index is 0.303. The van der Waals surface area contributed by atoms with E-state index in [1.165, 1.54) is 20.7 Å². The van der Waals surface area contributed by atoms with Gasteiger partial charge in [0.25, 0.3) is 10.0 Å². The first-order valence-electron chi connectivity index (χ1n) is 11.8. The molecule has 0 spiro atoms. The molecule has 0 bridgehead atoms. The van der Waals surface area contributed by atoms with Crippen molar-refractivity contribution in [3.05, 3.63) is 119 Å². The molecule has 172 valence electrons. The number of nitrogens with zero attached hydrogens (tertiary/aromatic N) is 1. The molecule has 4 aromatic rings. The number of benzene rings is 3. The predicted octanol–water partition coefficient (Wildman–Crippen LogP) is 7.17. The van der Waals surface area contributed by atoms with Crippen molar-refractivity contribution in [2.24, 2.45) is 5.92 Å². The minimum Gasteiger partial charge on any atom is -0.241 e. The summed E-state index contributed by atoms with van der Waals surface area (Å²) < 4.78 is 28.5. The number of fused-ring (bicyclic) bond motifs is 1. The second-order valence-corrected chi connectivity index (χ2v) is 11.1. The highest BCUT2D eigenvalue weighted by molar-refractivity contribution is 7.90. The maximum atomic E-state index is 13.5. The normalized spacial score (nSPS) is 17.4. The fraction of sp³-hybridized carbons (Fsp3) is 0.200. The number of hydrogen-bond donors (Lipinski definition) is 0. The Hall–Kier alpha value is -3.37. The van der Waals surface area contributed by atoms with Crippen LogP contribution in [-0.4, -0.2) is 12.4 Å². The zero-order valence-corrected chi connectivity index (χ0v) is 20.4. The highest BCUT2D eigenvalue weighted by Crippen LogP contribution is 2.36. The first kappa shape index (κ1) is 22.4. The molecule has 5 rings (SSSR count). The summed E-state index contributed by atoms with van der Waals surface area (Å²) in [7, 11) is -3.69. The van der Waals surface area contributed by atoms with Crippen LogP contribution in [0.3, 0.4) is 0 Å². The third kappa shape index (κ3) is 4.38. The van der Waals surface area contributed by atoms with Gasteiger partial charge in [0, 0.05) is 17.1 Å². The van der Waals surface area contributed by atoms with E-state index in [1.54, 1.807) is 18.3 Å². The van der Waals surface area contributed by atoms with E-state index in [4.69, 9.17) is 0 Å². The van der Waals surface area contributed by atoms with E-state index in [9.17, 15) is 8.42 Å². The van der Waals surface area contributed by atoms with Gasteiger partial charge in [-0.25, -0.2) is 12.4 Å². The van der Waals surface area contributed by atoms with Crippen molar-refractivity contribution in [1.82, 2.24) is 3.97 Å². The molecule has 3 nitrogen and oxygen atoms in total. The van der Waals surface area contributed by atoms with Crippen molar-refractivity contribution in [1.29, 1.82) is 0 Å². The van der Waals surface area contributed by atoms with Crippen LogP contribution < -0.4 is 0 Å². The van der Waals surface area contributed by atoms with Gasteiger partial charge in [0.2, 0.25) is 0 Å². The van der Waals surface area contributed by atoms with Gasteiger partial charge in [0.1, 0.15) is 0 Å². The summed E-state index contributed by atoms with van der Waals surface area (Å²) >= 11 is 0. The summed E-state index contributed by atoms with van der Waals surface area (Å²) in [6.45, 7) is 4.14. The second-order valence-electron chi connectivity index (χ2n) is 9.26. The molecule has 3 aromatic carbocycles. The van der Waals surface area contributed by atoms with Crippen molar-refractivity contribution >= 4 is 27.0 Å². The smallest absolute Gasteiger partial charge is 0.241 e. The monoisotopic (exact) mass is 467 g/mol. The quantitative estimate of drug-likeness (QED) is 0.282. The Morgan fingerprint density at radius 1 is 0.912 bits per heavy atom. The predicted molar refractivity (Wildman–Crippen MR) is 140 cm³/mol. The molecule has 1 atom stereocenters. The van der Waals surface area contributed by atoms with Crippen LogP contribution in [0.25, 0.3) is 17.0 Å². The van der Waals surface area contributed by atoms with E-state index < -0.39 is 10.0 Å². The Bertz CT molecular complexity index is 1490. The van der Waals surface area contributed by atoms with Gasteiger partial charge in [-0.05, 0) is 62.8 Å². The van der Waals surface area contributed by atoms with Gasteiger partial charge in [0.05, 0.1) is 10.4 Å². The Morgan fingerprint density at radius 3 is 2.38 bits per heavy atom. The van der Waals surface area contributed by atoms with Gasteiger partial charge in [0.15, 0.2) is 0 Å². The van der Waals surface area contributed by atoms with E-state index in [0.717, 1.165) is 35.8 Å². The summed E-state index contributed by atoms with van der Waals surface area (Å²) in [5, 5.41) is 0.956. The van der Waals surface area contributed by atoms with Crippen molar-refractivity contribution < 1.29 is 8.42 Å². The van der Waals surface area contributed by atoms with Gasteiger partial charge < -0.3 is 0 Å². The molecule has 34 heavy (non-hydrogen) atoms. The third-order valence-electron chi connectivity index (χ3n) is 6.66. The molecule has 1 heterocycles. The maximum Gasteiger partial charge on any atom is 0.268 e. The van der Waals surface area contributed by atoms with Crippen LogP contribution in [0.1, 0.15) is 36.5 Å². The van der Waals surface area contributed by atoms with Crippen LogP contribution in [0.4, 0.5) is 0 Å². The molecule has 0 saturated heterocycles. The number of rotatable bonds is 6. The number of allylic oxidation sites excluding steroid dienone is 3. The largest absolute Gasteiger partial charge is 0.268 e. The zero-order valence-electron chi connectivity index (χ0n) is 19.6. The molecular formula is C30H29NO2S. The highest BCUT2D eigenvalue weighted by Gasteiger charge is 2.23. The molecule has 0 aliphatic heterocycles. The summed E-state index contributed by atoms with van der Waals surface area (Å²) in [5.74, 6) is 0.371. The van der Waals surface area contributed by atoms with E-state index in [1.807, 2.05) is 43.3 Å². The Morgan fingerprint density at radius 2 is 1.62 bits per heavy atom. The van der Waals surface area contributed by atoms with Crippen LogP contribution in [-0.2, 0) is 16.4 Å². The van der Waals surface area contributed by atoms with Gasteiger partial charge in [-0.3, -0.25) is 0 Å².